The van der Waals surface area contributed by atoms with Crippen LogP contribution < -0.4 is 0 Å². The van der Waals surface area contributed by atoms with Gasteiger partial charge in [0.2, 0.25) is 0 Å². The lowest BCUT2D eigenvalue weighted by Gasteiger charge is -2.21. The maximum absolute atomic E-state index is 13.0. The minimum absolute atomic E-state index is 0.106. The zero-order valence-corrected chi connectivity index (χ0v) is 55.8. The van der Waals surface area contributed by atoms with Crippen molar-refractivity contribution in [3.8, 4) is 0 Å². The monoisotopic (exact) mass is 1240 g/mol. The van der Waals surface area contributed by atoms with E-state index in [0.717, 1.165) is 95.8 Å². The summed E-state index contributed by atoms with van der Waals surface area (Å²) in [7, 11) is -9.88. The molecule has 3 N–H and O–H groups in total. The first-order chi connectivity index (χ1) is 40.5. The molecule has 0 spiro atoms. The van der Waals surface area contributed by atoms with E-state index < -0.39 is 97.5 Å². The number of hydrogen-bond donors (Lipinski definition) is 3. The number of unbranched alkanes of at least 4 members (excludes halogenated alkanes) is 37. The van der Waals surface area contributed by atoms with Crippen LogP contribution in [0.1, 0.15) is 330 Å². The summed E-state index contributed by atoms with van der Waals surface area (Å²) >= 11 is 0. The van der Waals surface area contributed by atoms with Crippen LogP contribution in [0.25, 0.3) is 0 Å². The topological polar surface area (TPSA) is 237 Å². The largest absolute Gasteiger partial charge is 0.472 e. The van der Waals surface area contributed by atoms with Gasteiger partial charge in [0, 0.05) is 25.7 Å². The third-order valence-corrected chi connectivity index (χ3v) is 16.9. The molecule has 0 aliphatic rings. The molecule has 0 radical (unpaired) electrons. The highest BCUT2D eigenvalue weighted by molar-refractivity contribution is 7.47. The van der Waals surface area contributed by atoms with Crippen molar-refractivity contribution in [2.24, 2.45) is 5.92 Å². The van der Waals surface area contributed by atoms with E-state index in [1.165, 1.54) is 154 Å². The van der Waals surface area contributed by atoms with E-state index in [-0.39, 0.29) is 25.7 Å². The molecule has 0 bridgehead atoms. The second-order valence-electron chi connectivity index (χ2n) is 24.0. The van der Waals surface area contributed by atoms with Crippen molar-refractivity contribution < 1.29 is 80.2 Å². The number of phosphoric acid groups is 2. The number of phosphoric ester groups is 2. The lowest BCUT2D eigenvalue weighted by molar-refractivity contribution is -0.161. The van der Waals surface area contributed by atoms with Crippen LogP contribution in [0, 0.1) is 5.92 Å². The summed E-state index contributed by atoms with van der Waals surface area (Å²) in [6.07, 6.45) is 43.0. The van der Waals surface area contributed by atoms with Gasteiger partial charge in [0.25, 0.3) is 0 Å². The molecule has 0 rings (SSSR count). The molecule has 84 heavy (non-hydrogen) atoms. The number of aliphatic hydroxyl groups is 1. The molecular formula is C65H126O17P2. The molecule has 0 aliphatic carbocycles. The zero-order valence-electron chi connectivity index (χ0n) is 54.0. The van der Waals surface area contributed by atoms with Crippen LogP contribution in [-0.2, 0) is 65.4 Å². The number of carbonyl (C=O) groups excluding carboxylic acids is 4. The Morgan fingerprint density at radius 3 is 0.810 bits per heavy atom. The van der Waals surface area contributed by atoms with Crippen molar-refractivity contribution >= 4 is 39.5 Å². The molecule has 0 aliphatic heterocycles. The quantitative estimate of drug-likeness (QED) is 0.0222. The first-order valence-corrected chi connectivity index (χ1v) is 37.1. The molecule has 0 heterocycles. The molecule has 17 nitrogen and oxygen atoms in total. The van der Waals surface area contributed by atoms with Crippen LogP contribution in [0.3, 0.4) is 0 Å². The van der Waals surface area contributed by atoms with Crippen molar-refractivity contribution in [3.05, 3.63) is 0 Å². The van der Waals surface area contributed by atoms with Gasteiger partial charge in [0.15, 0.2) is 12.2 Å². The fourth-order valence-corrected chi connectivity index (χ4v) is 11.3. The van der Waals surface area contributed by atoms with E-state index in [1.807, 2.05) is 0 Å². The Kier molecular flexibility index (Phi) is 57.4. The number of aliphatic hydroxyl groups excluding tert-OH is 1. The van der Waals surface area contributed by atoms with Gasteiger partial charge in [-0.2, -0.15) is 0 Å². The highest BCUT2D eigenvalue weighted by Crippen LogP contribution is 2.45. The van der Waals surface area contributed by atoms with E-state index >= 15 is 0 Å². The van der Waals surface area contributed by atoms with Crippen LogP contribution in [0.5, 0.6) is 0 Å². The summed E-state index contributed by atoms with van der Waals surface area (Å²) in [5.41, 5.74) is 0. The Morgan fingerprint density at radius 1 is 0.321 bits per heavy atom. The van der Waals surface area contributed by atoms with E-state index in [0.29, 0.717) is 25.7 Å². The van der Waals surface area contributed by atoms with E-state index in [9.17, 15) is 43.2 Å². The number of hydrogen-bond acceptors (Lipinski definition) is 15. The van der Waals surface area contributed by atoms with Crippen molar-refractivity contribution in [2.45, 2.75) is 348 Å². The number of rotatable bonds is 65. The maximum Gasteiger partial charge on any atom is 0.472 e. The molecule has 0 fully saturated rings. The smallest absolute Gasteiger partial charge is 0.462 e. The first kappa shape index (κ1) is 82.1. The highest BCUT2D eigenvalue weighted by atomic mass is 31.2. The second kappa shape index (κ2) is 58.7. The summed E-state index contributed by atoms with van der Waals surface area (Å²) in [5.74, 6) is -1.35. The predicted octanol–water partition coefficient (Wildman–Crippen LogP) is 18.2. The predicted molar refractivity (Wildman–Crippen MR) is 335 cm³/mol. The summed E-state index contributed by atoms with van der Waals surface area (Å²) in [5, 5.41) is 10.5. The van der Waals surface area contributed by atoms with E-state index in [2.05, 4.69) is 34.6 Å². The molecule has 5 atom stereocenters. The van der Waals surface area contributed by atoms with Crippen molar-refractivity contribution in [2.75, 3.05) is 39.6 Å². The zero-order chi connectivity index (χ0) is 62.0. The van der Waals surface area contributed by atoms with Crippen LogP contribution >= 0.6 is 15.6 Å². The van der Waals surface area contributed by atoms with Gasteiger partial charge in [-0.25, -0.2) is 9.13 Å². The van der Waals surface area contributed by atoms with Crippen LogP contribution in [0.2, 0.25) is 0 Å². The Labute approximate surface area is 511 Å². The minimum Gasteiger partial charge on any atom is -0.462 e. The maximum atomic E-state index is 13.0. The van der Waals surface area contributed by atoms with Crippen LogP contribution in [-0.4, -0.2) is 96.7 Å². The fourth-order valence-electron chi connectivity index (χ4n) is 9.76. The Bertz CT molecular complexity index is 1640. The normalized spacial score (nSPS) is 14.2. The molecular weight excluding hydrogens is 1110 g/mol. The number of ether oxygens (including phenoxy) is 4. The van der Waals surface area contributed by atoms with Crippen LogP contribution in [0.4, 0.5) is 0 Å². The average molecular weight is 1240 g/mol. The third-order valence-electron chi connectivity index (χ3n) is 15.0. The number of esters is 4. The average Bonchev–Trinajstić information content (AvgIpc) is 3.64. The third kappa shape index (κ3) is 59.0. The minimum atomic E-state index is -4.94. The van der Waals surface area contributed by atoms with Gasteiger partial charge in [-0.3, -0.25) is 37.3 Å². The molecule has 0 saturated carbocycles. The van der Waals surface area contributed by atoms with Crippen LogP contribution in [0.15, 0.2) is 0 Å². The SMILES string of the molecule is CCCCCCCCCCCCCC(=O)OC[C@H](COP(=O)(O)OC[C@@H](O)COP(=O)(O)OC[C@@H](COC(=O)CCCCCCCCCCC)OC(=O)CCCCCCCCCCC)OC(=O)CCCCCCCCCCCCCCC(C)C. The van der Waals surface area contributed by atoms with Gasteiger partial charge in [-0.15, -0.1) is 0 Å². The Balaban J connectivity index is 5.21. The standard InChI is InChI=1S/C65H126O17P2/c1-6-9-12-15-18-21-24-30-34-39-44-49-63(68)76-55-61(82-65(70)51-46-41-36-31-26-23-22-25-29-32-37-42-47-58(4)5)57-80-84(73,74)78-53-59(66)52-77-83(71,72)79-56-60(81-64(69)50-45-40-35-28-20-17-14-11-8-3)54-75-62(67)48-43-38-33-27-19-16-13-10-7-2/h58-61,66H,6-57H2,1-5H3,(H,71,72)(H,73,74)/t59-,60+,61+/m0/s1. The molecule has 0 amide bonds. The number of carbonyl (C=O) groups is 4. The van der Waals surface area contributed by atoms with Gasteiger partial charge >= 0.3 is 39.5 Å². The van der Waals surface area contributed by atoms with Crippen molar-refractivity contribution in [1.29, 1.82) is 0 Å². The molecule has 0 aromatic carbocycles. The molecule has 0 saturated heterocycles. The van der Waals surface area contributed by atoms with Crippen molar-refractivity contribution in [1.82, 2.24) is 0 Å². The van der Waals surface area contributed by atoms with Gasteiger partial charge in [0.05, 0.1) is 26.4 Å². The first-order valence-electron chi connectivity index (χ1n) is 34.1. The van der Waals surface area contributed by atoms with Gasteiger partial charge in [0.1, 0.15) is 19.3 Å². The summed E-state index contributed by atoms with van der Waals surface area (Å²) in [6.45, 7) is 7.18. The fraction of sp³-hybridized carbons (Fsp3) is 0.938. The van der Waals surface area contributed by atoms with Gasteiger partial charge < -0.3 is 33.8 Å². The second-order valence-corrected chi connectivity index (χ2v) is 26.9. The van der Waals surface area contributed by atoms with Gasteiger partial charge in [-0.1, -0.05) is 279 Å². The summed E-state index contributed by atoms with van der Waals surface area (Å²) in [4.78, 5) is 72.2. The highest BCUT2D eigenvalue weighted by Gasteiger charge is 2.30. The van der Waals surface area contributed by atoms with E-state index in [4.69, 9.17) is 37.0 Å². The molecule has 2 unspecified atom stereocenters. The summed E-state index contributed by atoms with van der Waals surface area (Å²) < 4.78 is 68.0. The molecule has 498 valence electrons. The summed E-state index contributed by atoms with van der Waals surface area (Å²) in [6, 6.07) is 0. The Hall–Kier alpha value is -1.94. The lowest BCUT2D eigenvalue weighted by atomic mass is 10.0. The molecule has 0 aromatic heterocycles. The molecule has 0 aromatic rings. The van der Waals surface area contributed by atoms with Crippen molar-refractivity contribution in [3.63, 3.8) is 0 Å². The van der Waals surface area contributed by atoms with Gasteiger partial charge in [-0.05, 0) is 31.6 Å². The van der Waals surface area contributed by atoms with E-state index in [1.54, 1.807) is 0 Å². The lowest BCUT2D eigenvalue weighted by Crippen LogP contribution is -2.30. The molecule has 19 heteroatoms. The Morgan fingerprint density at radius 2 is 0.548 bits per heavy atom.